The lowest BCUT2D eigenvalue weighted by Crippen LogP contribution is -2.44. The van der Waals surface area contributed by atoms with Crippen molar-refractivity contribution >= 4 is 23.2 Å². The zero-order valence-corrected chi connectivity index (χ0v) is 11.7. The summed E-state index contributed by atoms with van der Waals surface area (Å²) in [5.74, 6) is 4.10. The van der Waals surface area contributed by atoms with Gasteiger partial charge in [-0.05, 0) is 26.0 Å². The summed E-state index contributed by atoms with van der Waals surface area (Å²) in [5, 5.41) is 16.0. The van der Waals surface area contributed by atoms with Crippen LogP contribution in [0.25, 0.3) is 0 Å². The molecule has 0 aliphatic carbocycles. The van der Waals surface area contributed by atoms with Gasteiger partial charge < -0.3 is 16.1 Å². The molecular formula is C12H17N5O4. The number of nitrogens with one attached hydrogen (secondary N) is 3. The zero-order valence-electron chi connectivity index (χ0n) is 11.7. The lowest BCUT2D eigenvalue weighted by molar-refractivity contribution is -0.384. The SMILES string of the molecule is CCNC(=O)C(C)NC(=O)c1cccc(NN)c1[N+](=O)[O-]. The second-order valence-electron chi connectivity index (χ2n) is 4.19. The number of para-hydroxylation sites is 1. The second kappa shape index (κ2) is 7.20. The standard InChI is InChI=1S/C12H17N5O4/c1-3-14-11(18)7(2)15-12(19)8-5-4-6-9(16-13)10(8)17(20)21/h4-7,16H,3,13H2,1-2H3,(H,14,18)(H,15,19). The molecule has 1 rings (SSSR count). The van der Waals surface area contributed by atoms with E-state index >= 15 is 0 Å². The molecule has 114 valence electrons. The number of nitro groups is 1. The Morgan fingerprint density at radius 3 is 2.62 bits per heavy atom. The normalized spacial score (nSPS) is 11.4. The van der Waals surface area contributed by atoms with Gasteiger partial charge in [-0.15, -0.1) is 0 Å². The van der Waals surface area contributed by atoms with Crippen LogP contribution in [-0.4, -0.2) is 29.3 Å². The summed E-state index contributed by atoms with van der Waals surface area (Å²) < 4.78 is 0. The molecule has 0 fully saturated rings. The van der Waals surface area contributed by atoms with Gasteiger partial charge in [0.15, 0.2) is 0 Å². The molecule has 5 N–H and O–H groups in total. The van der Waals surface area contributed by atoms with Gasteiger partial charge in [0.05, 0.1) is 4.92 Å². The second-order valence-corrected chi connectivity index (χ2v) is 4.19. The largest absolute Gasteiger partial charge is 0.355 e. The molecule has 1 atom stereocenters. The highest BCUT2D eigenvalue weighted by molar-refractivity contribution is 6.02. The Hall–Kier alpha value is -2.68. The molecule has 0 aromatic heterocycles. The first-order valence-corrected chi connectivity index (χ1v) is 6.25. The van der Waals surface area contributed by atoms with Gasteiger partial charge in [0.25, 0.3) is 5.91 Å². The fraction of sp³-hybridized carbons (Fsp3) is 0.333. The van der Waals surface area contributed by atoms with E-state index in [9.17, 15) is 19.7 Å². The number of nitro benzene ring substituents is 1. The van der Waals surface area contributed by atoms with Crippen molar-refractivity contribution in [2.45, 2.75) is 19.9 Å². The quantitative estimate of drug-likeness (QED) is 0.334. The summed E-state index contributed by atoms with van der Waals surface area (Å²) in [7, 11) is 0. The van der Waals surface area contributed by atoms with Gasteiger partial charge in [-0.1, -0.05) is 6.07 Å². The van der Waals surface area contributed by atoms with E-state index in [4.69, 9.17) is 5.84 Å². The molecule has 0 saturated heterocycles. The van der Waals surface area contributed by atoms with E-state index in [2.05, 4.69) is 16.1 Å². The first-order chi connectivity index (χ1) is 9.92. The number of hydrazine groups is 1. The number of likely N-dealkylation sites (N-methyl/N-ethyl adjacent to an activating group) is 1. The van der Waals surface area contributed by atoms with E-state index in [0.717, 1.165) is 0 Å². The summed E-state index contributed by atoms with van der Waals surface area (Å²) in [4.78, 5) is 34.0. The van der Waals surface area contributed by atoms with Crippen LogP contribution < -0.4 is 21.9 Å². The topological polar surface area (TPSA) is 139 Å². The minimum atomic E-state index is -0.813. The fourth-order valence-corrected chi connectivity index (χ4v) is 1.71. The molecular weight excluding hydrogens is 278 g/mol. The Balaban J connectivity index is 3.03. The first kappa shape index (κ1) is 16.4. The summed E-state index contributed by atoms with van der Waals surface area (Å²) in [6.45, 7) is 3.65. The Morgan fingerprint density at radius 2 is 2.10 bits per heavy atom. The maximum absolute atomic E-state index is 12.1. The molecule has 1 aromatic carbocycles. The van der Waals surface area contributed by atoms with Crippen molar-refractivity contribution < 1.29 is 14.5 Å². The molecule has 0 heterocycles. The van der Waals surface area contributed by atoms with Crippen LogP contribution >= 0.6 is 0 Å². The maximum Gasteiger partial charge on any atom is 0.306 e. The van der Waals surface area contributed by atoms with Crippen LogP contribution in [0.15, 0.2) is 18.2 Å². The molecule has 0 saturated carbocycles. The van der Waals surface area contributed by atoms with Crippen molar-refractivity contribution in [3.05, 3.63) is 33.9 Å². The van der Waals surface area contributed by atoms with E-state index in [0.29, 0.717) is 6.54 Å². The van der Waals surface area contributed by atoms with Crippen molar-refractivity contribution in [2.75, 3.05) is 12.0 Å². The Morgan fingerprint density at radius 1 is 1.43 bits per heavy atom. The molecule has 9 nitrogen and oxygen atoms in total. The van der Waals surface area contributed by atoms with Gasteiger partial charge in [0, 0.05) is 6.54 Å². The average molecular weight is 295 g/mol. The molecule has 1 unspecified atom stereocenters. The minimum Gasteiger partial charge on any atom is -0.355 e. The minimum absolute atomic E-state index is 0.0123. The number of anilines is 1. The predicted molar refractivity (Wildman–Crippen MR) is 76.5 cm³/mol. The number of nitrogen functional groups attached to an aromatic ring is 1. The van der Waals surface area contributed by atoms with Crippen molar-refractivity contribution in [2.24, 2.45) is 5.84 Å². The first-order valence-electron chi connectivity index (χ1n) is 6.25. The maximum atomic E-state index is 12.1. The third kappa shape index (κ3) is 3.89. The van der Waals surface area contributed by atoms with E-state index in [1.165, 1.54) is 25.1 Å². The Bertz CT molecular complexity index is 561. The van der Waals surface area contributed by atoms with Gasteiger partial charge >= 0.3 is 5.69 Å². The van der Waals surface area contributed by atoms with E-state index in [1.807, 2.05) is 0 Å². The molecule has 0 spiro atoms. The summed E-state index contributed by atoms with van der Waals surface area (Å²) >= 11 is 0. The van der Waals surface area contributed by atoms with Crippen LogP contribution in [0.3, 0.4) is 0 Å². The molecule has 2 amide bonds. The van der Waals surface area contributed by atoms with Gasteiger partial charge in [-0.3, -0.25) is 25.5 Å². The number of hydrogen-bond donors (Lipinski definition) is 4. The van der Waals surface area contributed by atoms with Gasteiger partial charge in [0.1, 0.15) is 17.3 Å². The molecule has 0 aliphatic heterocycles. The van der Waals surface area contributed by atoms with Crippen LogP contribution in [0, 0.1) is 10.1 Å². The number of nitrogens with two attached hydrogens (primary N) is 1. The highest BCUT2D eigenvalue weighted by atomic mass is 16.6. The monoisotopic (exact) mass is 295 g/mol. The van der Waals surface area contributed by atoms with Crippen LogP contribution in [0.5, 0.6) is 0 Å². The van der Waals surface area contributed by atoms with Crippen molar-refractivity contribution in [3.8, 4) is 0 Å². The van der Waals surface area contributed by atoms with Gasteiger partial charge in [-0.2, -0.15) is 0 Å². The Labute approximate surface area is 121 Å². The number of benzene rings is 1. The number of rotatable bonds is 6. The molecule has 21 heavy (non-hydrogen) atoms. The number of carbonyl (C=O) groups is 2. The van der Waals surface area contributed by atoms with Gasteiger partial charge in [0.2, 0.25) is 5.91 Å². The fourth-order valence-electron chi connectivity index (χ4n) is 1.71. The van der Waals surface area contributed by atoms with E-state index in [-0.39, 0.29) is 17.2 Å². The highest BCUT2D eigenvalue weighted by Crippen LogP contribution is 2.27. The highest BCUT2D eigenvalue weighted by Gasteiger charge is 2.26. The van der Waals surface area contributed by atoms with Crippen molar-refractivity contribution in [1.29, 1.82) is 0 Å². The van der Waals surface area contributed by atoms with E-state index in [1.54, 1.807) is 6.92 Å². The lowest BCUT2D eigenvalue weighted by atomic mass is 10.1. The van der Waals surface area contributed by atoms with Crippen molar-refractivity contribution in [3.63, 3.8) is 0 Å². The van der Waals surface area contributed by atoms with Crippen LogP contribution in [0.4, 0.5) is 11.4 Å². The number of nitrogens with zero attached hydrogens (tertiary/aromatic N) is 1. The number of amides is 2. The molecule has 0 radical (unpaired) electrons. The van der Waals surface area contributed by atoms with Crippen LogP contribution in [0.1, 0.15) is 24.2 Å². The molecule has 9 heteroatoms. The van der Waals surface area contributed by atoms with Crippen molar-refractivity contribution in [1.82, 2.24) is 10.6 Å². The molecule has 0 aliphatic rings. The molecule has 0 bridgehead atoms. The predicted octanol–water partition coefficient (Wildman–Crippen LogP) is 0.135. The smallest absolute Gasteiger partial charge is 0.306 e. The van der Waals surface area contributed by atoms with E-state index < -0.39 is 22.6 Å². The summed E-state index contributed by atoms with van der Waals surface area (Å²) in [6, 6.07) is 3.31. The summed E-state index contributed by atoms with van der Waals surface area (Å²) in [5.41, 5.74) is 1.56. The zero-order chi connectivity index (χ0) is 16.0. The van der Waals surface area contributed by atoms with Crippen LogP contribution in [-0.2, 0) is 4.79 Å². The lowest BCUT2D eigenvalue weighted by Gasteiger charge is -2.14. The third-order valence-electron chi connectivity index (χ3n) is 2.71. The third-order valence-corrected chi connectivity index (χ3v) is 2.71. The van der Waals surface area contributed by atoms with Crippen LogP contribution in [0.2, 0.25) is 0 Å². The van der Waals surface area contributed by atoms with Gasteiger partial charge in [-0.25, -0.2) is 0 Å². The summed E-state index contributed by atoms with van der Waals surface area (Å²) in [6.07, 6.45) is 0. The number of hydrogen-bond acceptors (Lipinski definition) is 6. The average Bonchev–Trinajstić information content (AvgIpc) is 2.46. The number of carbonyl (C=O) groups excluding carboxylic acids is 2. The molecule has 1 aromatic rings. The Kier molecular flexibility index (Phi) is 5.61.